The van der Waals surface area contributed by atoms with Gasteiger partial charge in [0.2, 0.25) is 5.91 Å². The smallest absolute Gasteiger partial charge is 0.242 e. The molecule has 22 heavy (non-hydrogen) atoms. The summed E-state index contributed by atoms with van der Waals surface area (Å²) in [6, 6.07) is 13.6. The van der Waals surface area contributed by atoms with Gasteiger partial charge >= 0.3 is 0 Å². The van der Waals surface area contributed by atoms with Crippen molar-refractivity contribution in [3.8, 4) is 6.07 Å². The monoisotopic (exact) mass is 311 g/mol. The lowest BCUT2D eigenvalue weighted by molar-refractivity contribution is -0.130. The van der Waals surface area contributed by atoms with Gasteiger partial charge < -0.3 is 10.2 Å². The molecular formula is C17H17N3OS. The Labute approximate surface area is 134 Å². The van der Waals surface area contributed by atoms with E-state index in [4.69, 9.17) is 5.26 Å². The molecule has 1 aromatic heterocycles. The van der Waals surface area contributed by atoms with E-state index in [-0.39, 0.29) is 18.5 Å². The average Bonchev–Trinajstić information content (AvgIpc) is 3.23. The maximum absolute atomic E-state index is 12.5. The van der Waals surface area contributed by atoms with Crippen molar-refractivity contribution in [1.29, 1.82) is 5.26 Å². The molecule has 1 aromatic carbocycles. The van der Waals surface area contributed by atoms with E-state index in [1.54, 1.807) is 23.5 Å². The van der Waals surface area contributed by atoms with E-state index in [2.05, 4.69) is 22.8 Å². The Morgan fingerprint density at radius 3 is 2.86 bits per heavy atom. The highest BCUT2D eigenvalue weighted by Gasteiger charge is 2.30. The first-order chi connectivity index (χ1) is 10.8. The number of likely N-dealkylation sites (tertiary alicyclic amines) is 1. The molecule has 0 aliphatic carbocycles. The average molecular weight is 311 g/mol. The summed E-state index contributed by atoms with van der Waals surface area (Å²) in [5, 5.41) is 14.0. The molecule has 1 N–H and O–H groups in total. The molecule has 1 unspecified atom stereocenters. The summed E-state index contributed by atoms with van der Waals surface area (Å²) >= 11 is 1.71. The lowest BCUT2D eigenvalue weighted by atomic mass is 10.2. The van der Waals surface area contributed by atoms with Crippen LogP contribution >= 0.6 is 11.3 Å². The molecule has 1 amide bonds. The Hall–Kier alpha value is -2.32. The second-order valence-corrected chi connectivity index (χ2v) is 6.28. The van der Waals surface area contributed by atoms with Crippen molar-refractivity contribution in [2.24, 2.45) is 0 Å². The van der Waals surface area contributed by atoms with E-state index >= 15 is 0 Å². The van der Waals surface area contributed by atoms with Crippen molar-refractivity contribution in [2.45, 2.75) is 18.9 Å². The van der Waals surface area contributed by atoms with Crippen LogP contribution in [-0.2, 0) is 4.79 Å². The first-order valence-electron chi connectivity index (χ1n) is 7.35. The molecule has 4 nitrogen and oxygen atoms in total. The summed E-state index contributed by atoms with van der Waals surface area (Å²) in [6.07, 6.45) is 2.11. The molecule has 2 aromatic rings. The molecule has 1 aliphatic rings. The van der Waals surface area contributed by atoms with Gasteiger partial charge in [-0.1, -0.05) is 6.07 Å². The zero-order valence-electron chi connectivity index (χ0n) is 12.2. The molecule has 1 aliphatic heterocycles. The van der Waals surface area contributed by atoms with Crippen LogP contribution in [0, 0.1) is 11.3 Å². The zero-order valence-corrected chi connectivity index (χ0v) is 13.0. The zero-order chi connectivity index (χ0) is 15.4. The van der Waals surface area contributed by atoms with E-state index in [9.17, 15) is 4.79 Å². The van der Waals surface area contributed by atoms with Gasteiger partial charge in [-0.05, 0) is 48.6 Å². The van der Waals surface area contributed by atoms with E-state index < -0.39 is 0 Å². The largest absolute Gasteiger partial charge is 0.376 e. The fraction of sp³-hybridized carbons (Fsp3) is 0.294. The van der Waals surface area contributed by atoms with Gasteiger partial charge in [-0.2, -0.15) is 5.26 Å². The lowest BCUT2D eigenvalue weighted by Crippen LogP contribution is -2.34. The first-order valence-corrected chi connectivity index (χ1v) is 8.23. The standard InChI is InChI=1S/C17H17N3OS/c18-11-13-5-7-14(8-6-13)19-12-17(21)20-9-1-3-15(20)16-4-2-10-22-16/h2,4-8,10,15,19H,1,3,9,12H2. The SMILES string of the molecule is N#Cc1ccc(NCC(=O)N2CCCC2c2cccs2)cc1. The van der Waals surface area contributed by atoms with Crippen LogP contribution in [0.5, 0.6) is 0 Å². The Kier molecular flexibility index (Phi) is 4.40. The van der Waals surface area contributed by atoms with Crippen LogP contribution < -0.4 is 5.32 Å². The summed E-state index contributed by atoms with van der Waals surface area (Å²) in [6.45, 7) is 1.12. The second-order valence-electron chi connectivity index (χ2n) is 5.30. The van der Waals surface area contributed by atoms with Crippen molar-refractivity contribution >= 4 is 22.9 Å². The summed E-state index contributed by atoms with van der Waals surface area (Å²) in [7, 11) is 0. The van der Waals surface area contributed by atoms with Gasteiger partial charge in [-0.3, -0.25) is 4.79 Å². The Morgan fingerprint density at radius 1 is 1.36 bits per heavy atom. The fourth-order valence-corrected chi connectivity index (χ4v) is 3.66. The van der Waals surface area contributed by atoms with Gasteiger partial charge in [-0.15, -0.1) is 11.3 Å². The number of hydrogen-bond acceptors (Lipinski definition) is 4. The molecule has 0 spiro atoms. The van der Waals surface area contributed by atoms with Gasteiger partial charge in [0, 0.05) is 17.1 Å². The number of anilines is 1. The summed E-state index contributed by atoms with van der Waals surface area (Å²) < 4.78 is 0. The molecule has 0 bridgehead atoms. The highest BCUT2D eigenvalue weighted by Crippen LogP contribution is 2.34. The lowest BCUT2D eigenvalue weighted by Gasteiger charge is -2.24. The number of nitriles is 1. The Bertz CT molecular complexity index is 673. The highest BCUT2D eigenvalue weighted by molar-refractivity contribution is 7.10. The molecule has 1 atom stereocenters. The number of nitrogens with one attached hydrogen (secondary N) is 1. The Morgan fingerprint density at radius 2 is 2.18 bits per heavy atom. The number of carbonyl (C=O) groups excluding carboxylic acids is 1. The predicted octanol–water partition coefficient (Wildman–Crippen LogP) is 3.40. The van der Waals surface area contributed by atoms with E-state index in [0.29, 0.717) is 5.56 Å². The second kappa shape index (κ2) is 6.63. The van der Waals surface area contributed by atoms with Gasteiger partial charge in [0.15, 0.2) is 0 Å². The van der Waals surface area contributed by atoms with Gasteiger partial charge in [0.05, 0.1) is 24.2 Å². The van der Waals surface area contributed by atoms with Crippen LogP contribution in [0.4, 0.5) is 5.69 Å². The summed E-state index contributed by atoms with van der Waals surface area (Å²) in [4.78, 5) is 15.7. The highest BCUT2D eigenvalue weighted by atomic mass is 32.1. The molecule has 1 fully saturated rings. The van der Waals surface area contributed by atoms with Gasteiger partial charge in [0.1, 0.15) is 0 Å². The Balaban J connectivity index is 1.60. The molecule has 0 radical (unpaired) electrons. The number of carbonyl (C=O) groups is 1. The van der Waals surface area contributed by atoms with Crippen LogP contribution in [0.2, 0.25) is 0 Å². The third-order valence-electron chi connectivity index (χ3n) is 3.90. The molecule has 2 heterocycles. The number of benzene rings is 1. The fourth-order valence-electron chi connectivity index (χ4n) is 2.78. The normalized spacial score (nSPS) is 17.2. The minimum atomic E-state index is 0.125. The van der Waals surface area contributed by atoms with Gasteiger partial charge in [0.25, 0.3) is 0 Å². The maximum Gasteiger partial charge on any atom is 0.242 e. The van der Waals surface area contributed by atoms with Crippen molar-refractivity contribution in [3.63, 3.8) is 0 Å². The maximum atomic E-state index is 12.5. The molecule has 0 saturated carbocycles. The number of nitrogens with zero attached hydrogens (tertiary/aromatic N) is 2. The van der Waals surface area contributed by atoms with E-state index in [1.807, 2.05) is 23.1 Å². The predicted molar refractivity (Wildman–Crippen MR) is 87.7 cm³/mol. The van der Waals surface area contributed by atoms with Gasteiger partial charge in [-0.25, -0.2) is 0 Å². The third kappa shape index (κ3) is 3.12. The number of thiophene rings is 1. The van der Waals surface area contributed by atoms with E-state index in [0.717, 1.165) is 25.1 Å². The van der Waals surface area contributed by atoms with Crippen molar-refractivity contribution in [2.75, 3.05) is 18.4 Å². The molecule has 112 valence electrons. The number of hydrogen-bond donors (Lipinski definition) is 1. The van der Waals surface area contributed by atoms with Crippen LogP contribution in [0.3, 0.4) is 0 Å². The molecule has 3 rings (SSSR count). The van der Waals surface area contributed by atoms with Crippen molar-refractivity contribution in [1.82, 2.24) is 4.90 Å². The summed E-state index contributed by atoms with van der Waals surface area (Å²) in [5.41, 5.74) is 1.48. The molecular weight excluding hydrogens is 294 g/mol. The van der Waals surface area contributed by atoms with Crippen LogP contribution in [0.1, 0.15) is 29.3 Å². The minimum absolute atomic E-state index is 0.125. The number of rotatable bonds is 4. The third-order valence-corrected chi connectivity index (χ3v) is 4.88. The van der Waals surface area contributed by atoms with Crippen LogP contribution in [0.15, 0.2) is 41.8 Å². The van der Waals surface area contributed by atoms with Crippen LogP contribution in [-0.4, -0.2) is 23.9 Å². The summed E-state index contributed by atoms with van der Waals surface area (Å²) in [5.74, 6) is 0.125. The van der Waals surface area contributed by atoms with E-state index in [1.165, 1.54) is 4.88 Å². The first kappa shape index (κ1) is 14.6. The van der Waals surface area contributed by atoms with Crippen molar-refractivity contribution < 1.29 is 4.79 Å². The van der Waals surface area contributed by atoms with Crippen LogP contribution in [0.25, 0.3) is 0 Å². The number of amides is 1. The topological polar surface area (TPSA) is 56.1 Å². The molecule has 5 heteroatoms. The minimum Gasteiger partial charge on any atom is -0.376 e. The van der Waals surface area contributed by atoms with Crippen molar-refractivity contribution in [3.05, 3.63) is 52.2 Å². The quantitative estimate of drug-likeness (QED) is 0.941. The molecule has 1 saturated heterocycles.